The molecule has 0 saturated heterocycles. The second-order valence-corrected chi connectivity index (χ2v) is 33.7. The Labute approximate surface area is 613 Å². The summed E-state index contributed by atoms with van der Waals surface area (Å²) in [7, 11) is -9.92. The van der Waals surface area contributed by atoms with Crippen LogP contribution >= 0.6 is 15.6 Å². The molecule has 19 heteroatoms. The lowest BCUT2D eigenvalue weighted by Gasteiger charge is -2.21. The van der Waals surface area contributed by atoms with E-state index < -0.39 is 97.5 Å². The topological polar surface area (TPSA) is 237 Å². The zero-order chi connectivity index (χ0) is 73.8. The van der Waals surface area contributed by atoms with Crippen LogP contribution in [0, 0.1) is 23.7 Å². The number of carbonyl (C=O) groups is 4. The monoisotopic (exact) mass is 1470 g/mol. The molecule has 17 nitrogen and oxygen atoms in total. The van der Waals surface area contributed by atoms with Crippen LogP contribution in [0.2, 0.25) is 0 Å². The highest BCUT2D eigenvalue weighted by molar-refractivity contribution is 7.47. The Morgan fingerprint density at radius 2 is 0.480 bits per heavy atom. The first-order valence-corrected chi connectivity index (χ1v) is 44.7. The Morgan fingerprint density at radius 3 is 0.710 bits per heavy atom. The second kappa shape index (κ2) is 70.1. The summed E-state index contributed by atoms with van der Waals surface area (Å²) in [6.07, 6.45) is 57.0. The molecule has 4 unspecified atom stereocenters. The lowest BCUT2D eigenvalue weighted by molar-refractivity contribution is -0.161. The van der Waals surface area contributed by atoms with Gasteiger partial charge in [0.1, 0.15) is 19.3 Å². The minimum absolute atomic E-state index is 0.105. The lowest BCUT2D eigenvalue weighted by atomic mass is 9.99. The number of hydrogen-bond donors (Lipinski definition) is 3. The lowest BCUT2D eigenvalue weighted by Crippen LogP contribution is -2.30. The second-order valence-electron chi connectivity index (χ2n) is 30.8. The number of esters is 4. The number of phosphoric acid groups is 2. The van der Waals surface area contributed by atoms with E-state index in [-0.39, 0.29) is 25.7 Å². The zero-order valence-corrected chi connectivity index (χ0v) is 67.6. The number of carbonyl (C=O) groups excluding carboxylic acids is 4. The minimum atomic E-state index is -4.96. The average Bonchev–Trinajstić information content (AvgIpc) is 0.933. The van der Waals surface area contributed by atoms with Crippen molar-refractivity contribution in [1.29, 1.82) is 0 Å². The summed E-state index contributed by atoms with van der Waals surface area (Å²) in [5.41, 5.74) is 0. The van der Waals surface area contributed by atoms with E-state index in [0.29, 0.717) is 31.6 Å². The van der Waals surface area contributed by atoms with Gasteiger partial charge in [-0.2, -0.15) is 0 Å². The third-order valence-electron chi connectivity index (χ3n) is 19.2. The summed E-state index contributed by atoms with van der Waals surface area (Å²) in [6.45, 7) is 14.2. The third-order valence-corrected chi connectivity index (χ3v) is 21.1. The highest BCUT2D eigenvalue weighted by Crippen LogP contribution is 2.45. The number of ether oxygens (including phenoxy) is 4. The van der Waals surface area contributed by atoms with Crippen LogP contribution in [0.4, 0.5) is 0 Å². The molecule has 0 radical (unpaired) electrons. The van der Waals surface area contributed by atoms with Gasteiger partial charge in [-0.3, -0.25) is 37.3 Å². The van der Waals surface area contributed by atoms with Crippen LogP contribution in [0.25, 0.3) is 0 Å². The molecule has 594 valence electrons. The molecule has 0 aliphatic carbocycles. The van der Waals surface area contributed by atoms with Gasteiger partial charge in [0.2, 0.25) is 0 Å². The van der Waals surface area contributed by atoms with Gasteiger partial charge in [0, 0.05) is 25.7 Å². The van der Waals surface area contributed by atoms with Crippen molar-refractivity contribution < 1.29 is 80.2 Å². The van der Waals surface area contributed by atoms with Crippen LogP contribution in [0.3, 0.4) is 0 Å². The maximum absolute atomic E-state index is 13.1. The predicted molar refractivity (Wildman–Crippen MR) is 409 cm³/mol. The van der Waals surface area contributed by atoms with Gasteiger partial charge in [-0.25, -0.2) is 9.13 Å². The maximum Gasteiger partial charge on any atom is 0.472 e. The minimum Gasteiger partial charge on any atom is -0.462 e. The van der Waals surface area contributed by atoms with Crippen molar-refractivity contribution in [3.05, 3.63) is 0 Å². The summed E-state index contributed by atoms with van der Waals surface area (Å²) >= 11 is 0. The standard InChI is InChI=1S/C81H158O17P2/c1-9-74(8)60-52-44-36-30-31-39-48-56-64-81(86)98-76(67-91-78(83)61-53-45-37-28-24-20-15-13-11-10-12-14-18-22-26-33-41-49-57-71(2)3)69-95-99(87,88)93-65-75(82)66-94-100(89,90)96-70-77(68-92-79(84)62-54-46-40-32-35-43-51-59-73(6)7)97-80(85)63-55-47-38-29-25-21-17-16-19-23-27-34-42-50-58-72(4)5/h71-77,82H,9-70H2,1-8H3,(H,87,88)(H,89,90)/t74?,75?,76-,77-/m1/s1. The van der Waals surface area contributed by atoms with Gasteiger partial charge in [-0.1, -0.05) is 364 Å². The quantitative estimate of drug-likeness (QED) is 0.0222. The van der Waals surface area contributed by atoms with E-state index in [2.05, 4.69) is 55.4 Å². The third kappa shape index (κ3) is 73.0. The fraction of sp³-hybridized carbons (Fsp3) is 0.951. The van der Waals surface area contributed by atoms with E-state index in [9.17, 15) is 43.2 Å². The Balaban J connectivity index is 5.18. The molecular formula is C81H158O17P2. The average molecular weight is 1470 g/mol. The summed E-state index contributed by atoms with van der Waals surface area (Å²) in [5, 5.41) is 10.6. The van der Waals surface area contributed by atoms with Gasteiger partial charge in [0.15, 0.2) is 12.2 Å². The van der Waals surface area contributed by atoms with Gasteiger partial charge in [0.05, 0.1) is 26.4 Å². The first-order chi connectivity index (χ1) is 48.1. The number of phosphoric ester groups is 2. The van der Waals surface area contributed by atoms with Gasteiger partial charge < -0.3 is 33.8 Å². The van der Waals surface area contributed by atoms with E-state index in [1.807, 2.05) is 0 Å². The van der Waals surface area contributed by atoms with E-state index in [1.165, 1.54) is 212 Å². The van der Waals surface area contributed by atoms with Crippen LogP contribution in [0.15, 0.2) is 0 Å². The smallest absolute Gasteiger partial charge is 0.462 e. The number of aliphatic hydroxyl groups is 1. The van der Waals surface area contributed by atoms with E-state index in [4.69, 9.17) is 37.0 Å². The van der Waals surface area contributed by atoms with Crippen molar-refractivity contribution in [2.75, 3.05) is 39.6 Å². The van der Waals surface area contributed by atoms with E-state index >= 15 is 0 Å². The number of aliphatic hydroxyl groups excluding tert-OH is 1. The molecule has 0 bridgehead atoms. The number of hydrogen-bond acceptors (Lipinski definition) is 15. The predicted octanol–water partition coefficient (Wildman–Crippen LogP) is 24.0. The SMILES string of the molecule is CCC(C)CCCCCCCCCCC(=O)O[C@H](COC(=O)CCCCCCCCCCCCCCCCCCCCC(C)C)COP(=O)(O)OCC(O)COP(=O)(O)OC[C@@H](COC(=O)CCCCCCCCCC(C)C)OC(=O)CCCCCCCCCCCCCCCCC(C)C. The molecular weight excluding hydrogens is 1310 g/mol. The van der Waals surface area contributed by atoms with Crippen molar-refractivity contribution in [2.45, 2.75) is 433 Å². The van der Waals surface area contributed by atoms with Crippen LogP contribution in [-0.4, -0.2) is 96.7 Å². The normalized spacial score (nSPS) is 14.3. The van der Waals surface area contributed by atoms with E-state index in [1.54, 1.807) is 0 Å². The molecule has 6 atom stereocenters. The highest BCUT2D eigenvalue weighted by Gasteiger charge is 2.30. The zero-order valence-electron chi connectivity index (χ0n) is 65.8. The molecule has 0 aliphatic heterocycles. The van der Waals surface area contributed by atoms with Crippen molar-refractivity contribution in [2.24, 2.45) is 23.7 Å². The molecule has 0 aromatic carbocycles. The molecule has 0 spiro atoms. The Kier molecular flexibility index (Phi) is 68.7. The number of unbranched alkanes of at least 4 members (excludes halogenated alkanes) is 43. The van der Waals surface area contributed by atoms with Crippen molar-refractivity contribution >= 4 is 39.5 Å². The van der Waals surface area contributed by atoms with Crippen molar-refractivity contribution in [3.63, 3.8) is 0 Å². The van der Waals surface area contributed by atoms with Crippen molar-refractivity contribution in [3.8, 4) is 0 Å². The van der Waals surface area contributed by atoms with Gasteiger partial charge in [-0.05, 0) is 49.4 Å². The largest absolute Gasteiger partial charge is 0.472 e. The van der Waals surface area contributed by atoms with Gasteiger partial charge in [0.25, 0.3) is 0 Å². The molecule has 0 aliphatic rings. The summed E-state index contributed by atoms with van der Waals surface area (Å²) in [6, 6.07) is 0. The molecule has 3 N–H and O–H groups in total. The first-order valence-electron chi connectivity index (χ1n) is 41.7. The number of rotatable bonds is 78. The van der Waals surface area contributed by atoms with Crippen LogP contribution in [0.1, 0.15) is 415 Å². The fourth-order valence-corrected chi connectivity index (χ4v) is 14.0. The van der Waals surface area contributed by atoms with Gasteiger partial charge >= 0.3 is 39.5 Å². The summed E-state index contributed by atoms with van der Waals surface area (Å²) < 4.78 is 68.7. The molecule has 0 heterocycles. The Morgan fingerprint density at radius 1 is 0.280 bits per heavy atom. The molecule has 0 aromatic rings. The Bertz CT molecular complexity index is 1960. The van der Waals surface area contributed by atoms with E-state index in [0.717, 1.165) is 114 Å². The molecule has 0 rings (SSSR count). The maximum atomic E-state index is 13.1. The van der Waals surface area contributed by atoms with Crippen LogP contribution in [0.5, 0.6) is 0 Å². The molecule has 0 fully saturated rings. The summed E-state index contributed by atoms with van der Waals surface area (Å²) in [5.74, 6) is 0.976. The fourth-order valence-electron chi connectivity index (χ4n) is 12.4. The summed E-state index contributed by atoms with van der Waals surface area (Å²) in [4.78, 5) is 73.0. The van der Waals surface area contributed by atoms with Gasteiger partial charge in [-0.15, -0.1) is 0 Å². The van der Waals surface area contributed by atoms with Crippen LogP contribution in [-0.2, 0) is 65.4 Å². The first kappa shape index (κ1) is 98.1. The van der Waals surface area contributed by atoms with Crippen LogP contribution < -0.4 is 0 Å². The molecule has 0 amide bonds. The Hall–Kier alpha value is -1.94. The van der Waals surface area contributed by atoms with Crippen molar-refractivity contribution in [1.82, 2.24) is 0 Å². The highest BCUT2D eigenvalue weighted by atomic mass is 31.2. The molecule has 0 saturated carbocycles. The molecule has 100 heavy (non-hydrogen) atoms. The molecule has 0 aromatic heterocycles.